The average Bonchev–Trinajstić information content (AvgIpc) is 3.33. The van der Waals surface area contributed by atoms with Crippen LogP contribution in [0.3, 0.4) is 0 Å². The molecule has 0 fully saturated rings. The zero-order valence-electron chi connectivity index (χ0n) is 21.3. The normalized spacial score (nSPS) is 15.5. The Morgan fingerprint density at radius 3 is 2.36 bits per heavy atom. The number of carbonyl (C=O) groups is 2. The molecule has 0 aliphatic carbocycles. The number of aromatic nitrogens is 1. The van der Waals surface area contributed by atoms with Gasteiger partial charge in [-0.05, 0) is 53.3 Å². The highest BCUT2D eigenvalue weighted by atomic mass is 35.5. The summed E-state index contributed by atoms with van der Waals surface area (Å²) in [6.07, 6.45) is 2.80. The van der Waals surface area contributed by atoms with Crippen molar-refractivity contribution in [2.75, 3.05) is 19.6 Å². The van der Waals surface area contributed by atoms with Crippen LogP contribution in [0, 0.1) is 0 Å². The van der Waals surface area contributed by atoms with Crippen molar-refractivity contribution in [2.45, 2.75) is 52.1 Å². The number of halogens is 2. The van der Waals surface area contributed by atoms with Gasteiger partial charge in [0.2, 0.25) is 5.91 Å². The molecule has 3 aromatic rings. The van der Waals surface area contributed by atoms with Gasteiger partial charge in [0.15, 0.2) is 0 Å². The second-order valence-electron chi connectivity index (χ2n) is 10.3. The summed E-state index contributed by atoms with van der Waals surface area (Å²) in [6.45, 7) is 10.3. The Bertz CT molecular complexity index is 1240. The zero-order chi connectivity index (χ0) is 26.0. The van der Waals surface area contributed by atoms with E-state index in [-0.39, 0.29) is 29.8 Å². The Balaban J connectivity index is 1.62. The highest BCUT2D eigenvalue weighted by Crippen LogP contribution is 2.34. The number of fused-ring (bicyclic) bond motifs is 1. The molecule has 2 aromatic carbocycles. The van der Waals surface area contributed by atoms with Crippen LogP contribution in [0.5, 0.6) is 0 Å². The van der Waals surface area contributed by atoms with E-state index in [2.05, 4.69) is 61.9 Å². The lowest BCUT2D eigenvalue weighted by Crippen LogP contribution is -2.48. The van der Waals surface area contributed by atoms with E-state index in [1.807, 2.05) is 17.9 Å². The van der Waals surface area contributed by atoms with Crippen molar-refractivity contribution in [1.29, 1.82) is 0 Å². The van der Waals surface area contributed by atoms with Gasteiger partial charge in [-0.2, -0.15) is 0 Å². The van der Waals surface area contributed by atoms with Crippen LogP contribution in [0.4, 0.5) is 0 Å². The van der Waals surface area contributed by atoms with Crippen molar-refractivity contribution in [3.05, 3.63) is 93.2 Å². The molecule has 1 aliphatic rings. The van der Waals surface area contributed by atoms with Gasteiger partial charge in [0.25, 0.3) is 5.91 Å². The number of amides is 2. The van der Waals surface area contributed by atoms with E-state index < -0.39 is 0 Å². The van der Waals surface area contributed by atoms with Crippen molar-refractivity contribution < 1.29 is 9.59 Å². The fourth-order valence-electron chi connectivity index (χ4n) is 4.76. The van der Waals surface area contributed by atoms with Crippen LogP contribution in [0.15, 0.2) is 60.8 Å². The third-order valence-corrected chi connectivity index (χ3v) is 7.46. The molecule has 0 bridgehead atoms. The third-order valence-electron chi connectivity index (χ3n) is 6.72. The predicted molar refractivity (Wildman–Crippen MR) is 146 cm³/mol. The molecule has 5 nitrogen and oxygen atoms in total. The molecule has 2 amide bonds. The molecule has 1 atom stereocenters. The van der Waals surface area contributed by atoms with Crippen molar-refractivity contribution in [3.63, 3.8) is 0 Å². The van der Waals surface area contributed by atoms with Gasteiger partial charge in [0.05, 0.1) is 16.1 Å². The Kier molecular flexibility index (Phi) is 7.82. The Hall–Kier alpha value is -2.76. The molecule has 0 radical (unpaired) electrons. The molecular formula is C29H33Cl2N3O2. The number of rotatable bonds is 6. The fraction of sp³-hybridized carbons (Fsp3) is 0.379. The molecular weight excluding hydrogens is 493 g/mol. The summed E-state index contributed by atoms with van der Waals surface area (Å²) in [5.41, 5.74) is 3.86. The minimum Gasteiger partial charge on any atom is -0.348 e. The first-order chi connectivity index (χ1) is 17.1. The average molecular weight is 527 g/mol. The summed E-state index contributed by atoms with van der Waals surface area (Å²) in [5, 5.41) is 0.712. The highest BCUT2D eigenvalue weighted by Gasteiger charge is 2.33. The number of hydrogen-bond acceptors (Lipinski definition) is 2. The molecule has 0 saturated heterocycles. The topological polar surface area (TPSA) is 45.6 Å². The van der Waals surface area contributed by atoms with Gasteiger partial charge in [0.1, 0.15) is 6.54 Å². The Morgan fingerprint density at radius 1 is 1.00 bits per heavy atom. The lowest BCUT2D eigenvalue weighted by molar-refractivity contribution is -0.134. The molecule has 7 heteroatoms. The van der Waals surface area contributed by atoms with Crippen LogP contribution in [-0.2, 0) is 16.8 Å². The van der Waals surface area contributed by atoms with Crippen molar-refractivity contribution in [3.8, 4) is 0 Å². The predicted octanol–water partition coefficient (Wildman–Crippen LogP) is 6.58. The number of hydrogen-bond donors (Lipinski definition) is 0. The van der Waals surface area contributed by atoms with Gasteiger partial charge in [0, 0.05) is 37.1 Å². The van der Waals surface area contributed by atoms with Crippen LogP contribution in [0.1, 0.15) is 67.3 Å². The van der Waals surface area contributed by atoms with Gasteiger partial charge in [-0.25, -0.2) is 0 Å². The van der Waals surface area contributed by atoms with Gasteiger partial charge < -0.3 is 14.4 Å². The third kappa shape index (κ3) is 5.47. The van der Waals surface area contributed by atoms with Gasteiger partial charge in [-0.15, -0.1) is 0 Å². The standard InChI is InChI=1S/C29H33Cl2N3O2/c1-5-14-33(28(36)21-10-13-23(30)24(31)18-21)19-26(35)34-17-16-32-15-6-7-25(32)27(34)20-8-11-22(12-9-20)29(2,3)4/h6-13,15,18,27H,5,14,16-17,19H2,1-4H3/t27-/m0/s1. The van der Waals surface area contributed by atoms with E-state index in [0.717, 1.165) is 24.2 Å². The first-order valence-corrected chi connectivity index (χ1v) is 13.1. The van der Waals surface area contributed by atoms with E-state index in [1.165, 1.54) is 5.56 Å². The van der Waals surface area contributed by atoms with Crippen LogP contribution in [0.2, 0.25) is 10.0 Å². The Labute approximate surface area is 223 Å². The molecule has 2 heterocycles. The molecule has 4 rings (SSSR count). The summed E-state index contributed by atoms with van der Waals surface area (Å²) in [5.74, 6) is -0.301. The van der Waals surface area contributed by atoms with Crippen molar-refractivity contribution >= 4 is 35.0 Å². The van der Waals surface area contributed by atoms with Crippen molar-refractivity contribution in [2.24, 2.45) is 0 Å². The van der Waals surface area contributed by atoms with Crippen LogP contribution in [0.25, 0.3) is 0 Å². The lowest BCUT2D eigenvalue weighted by Gasteiger charge is -2.38. The number of nitrogens with zero attached hydrogens (tertiary/aromatic N) is 3. The molecule has 0 unspecified atom stereocenters. The van der Waals surface area contributed by atoms with Gasteiger partial charge >= 0.3 is 0 Å². The zero-order valence-corrected chi connectivity index (χ0v) is 22.8. The second kappa shape index (κ2) is 10.7. The SMILES string of the molecule is CCCN(CC(=O)N1CCn2cccc2[C@@H]1c1ccc(C(C)(C)C)cc1)C(=O)c1ccc(Cl)c(Cl)c1. The minimum atomic E-state index is -0.227. The Morgan fingerprint density at radius 2 is 1.72 bits per heavy atom. The molecule has 36 heavy (non-hydrogen) atoms. The summed E-state index contributed by atoms with van der Waals surface area (Å²) in [6, 6.07) is 17.3. The summed E-state index contributed by atoms with van der Waals surface area (Å²) in [7, 11) is 0. The van der Waals surface area contributed by atoms with Gasteiger partial charge in [-0.3, -0.25) is 9.59 Å². The molecule has 190 valence electrons. The monoisotopic (exact) mass is 525 g/mol. The smallest absolute Gasteiger partial charge is 0.254 e. The quantitative estimate of drug-likeness (QED) is 0.365. The maximum Gasteiger partial charge on any atom is 0.254 e. The largest absolute Gasteiger partial charge is 0.348 e. The maximum atomic E-state index is 13.8. The maximum absolute atomic E-state index is 13.8. The molecule has 0 saturated carbocycles. The molecule has 0 N–H and O–H groups in total. The van der Waals surface area contributed by atoms with E-state index >= 15 is 0 Å². The van der Waals surface area contributed by atoms with Crippen LogP contribution >= 0.6 is 23.2 Å². The van der Waals surface area contributed by atoms with Crippen LogP contribution < -0.4 is 0 Å². The molecule has 1 aliphatic heterocycles. The van der Waals surface area contributed by atoms with E-state index in [1.54, 1.807) is 23.1 Å². The summed E-state index contributed by atoms with van der Waals surface area (Å²) < 4.78 is 2.21. The summed E-state index contributed by atoms with van der Waals surface area (Å²) >= 11 is 12.2. The number of carbonyl (C=O) groups excluding carboxylic acids is 2. The fourth-order valence-corrected chi connectivity index (χ4v) is 5.05. The first kappa shape index (κ1) is 26.3. The first-order valence-electron chi connectivity index (χ1n) is 12.4. The van der Waals surface area contributed by atoms with E-state index in [0.29, 0.717) is 28.7 Å². The van der Waals surface area contributed by atoms with E-state index in [9.17, 15) is 9.59 Å². The van der Waals surface area contributed by atoms with Gasteiger partial charge in [-0.1, -0.05) is 75.2 Å². The highest BCUT2D eigenvalue weighted by molar-refractivity contribution is 6.42. The summed E-state index contributed by atoms with van der Waals surface area (Å²) in [4.78, 5) is 30.6. The number of benzene rings is 2. The van der Waals surface area contributed by atoms with E-state index in [4.69, 9.17) is 23.2 Å². The van der Waals surface area contributed by atoms with Crippen molar-refractivity contribution in [1.82, 2.24) is 14.4 Å². The van der Waals surface area contributed by atoms with Crippen LogP contribution in [-0.4, -0.2) is 45.8 Å². The molecule has 0 spiro atoms. The molecule has 1 aromatic heterocycles. The lowest BCUT2D eigenvalue weighted by atomic mass is 9.86. The minimum absolute atomic E-state index is 0.00417. The second-order valence-corrected chi connectivity index (χ2v) is 11.2.